The molecule has 0 N–H and O–H groups in total. The van der Waals surface area contributed by atoms with Crippen LogP contribution in [0.25, 0.3) is 0 Å². The summed E-state index contributed by atoms with van der Waals surface area (Å²) in [5.41, 5.74) is 1.95. The van der Waals surface area contributed by atoms with Crippen molar-refractivity contribution in [1.29, 1.82) is 0 Å². The van der Waals surface area contributed by atoms with Crippen LogP contribution in [0.15, 0.2) is 52.1 Å². The maximum atomic E-state index is 13.9. The van der Waals surface area contributed by atoms with Gasteiger partial charge in [0.05, 0.1) is 18.4 Å². The fraction of sp³-hybridized carbons (Fsp3) is 0.250. The number of methoxy groups -OCH3 is 1. The highest BCUT2D eigenvalue weighted by Crippen LogP contribution is 2.25. The van der Waals surface area contributed by atoms with Crippen molar-refractivity contribution < 1.29 is 18.4 Å². The van der Waals surface area contributed by atoms with Crippen molar-refractivity contribution in [1.82, 2.24) is 15.0 Å². The number of hydrogen-bond donors (Lipinski definition) is 0. The molecule has 0 atom stereocenters. The number of amides is 1. The third-order valence-corrected chi connectivity index (χ3v) is 5.06. The number of hydrogen-bond acceptors (Lipinski definition) is 6. The maximum absolute atomic E-state index is 13.9. The predicted octanol–water partition coefficient (Wildman–Crippen LogP) is 4.09. The Hall–Kier alpha value is -2.87. The van der Waals surface area contributed by atoms with E-state index in [1.807, 2.05) is 13.0 Å². The minimum atomic E-state index is -0.457. The zero-order chi connectivity index (χ0) is 20.1. The number of carbonyl (C=O) groups excluding carboxylic acids is 1. The van der Waals surface area contributed by atoms with Gasteiger partial charge >= 0.3 is 0 Å². The number of pyridine rings is 1. The van der Waals surface area contributed by atoms with Gasteiger partial charge in [0.1, 0.15) is 10.8 Å². The van der Waals surface area contributed by atoms with Gasteiger partial charge in [-0.15, -0.1) is 0 Å². The molecule has 1 amide bonds. The first kappa shape index (κ1) is 19.9. The van der Waals surface area contributed by atoms with E-state index in [0.29, 0.717) is 21.9 Å². The summed E-state index contributed by atoms with van der Waals surface area (Å²) >= 11 is 1.42. The van der Waals surface area contributed by atoms with E-state index in [2.05, 4.69) is 10.1 Å². The molecule has 8 heteroatoms. The van der Waals surface area contributed by atoms with Gasteiger partial charge in [-0.3, -0.25) is 4.79 Å². The molecule has 3 rings (SSSR count). The average molecular weight is 401 g/mol. The van der Waals surface area contributed by atoms with Crippen LogP contribution >= 0.6 is 11.8 Å². The molecule has 0 fully saturated rings. The maximum Gasteiger partial charge on any atom is 0.256 e. The number of ether oxygens (including phenoxy) is 1. The van der Waals surface area contributed by atoms with E-state index in [1.54, 1.807) is 37.5 Å². The molecule has 2 heterocycles. The van der Waals surface area contributed by atoms with Crippen LogP contribution in [-0.2, 0) is 12.3 Å². The van der Waals surface area contributed by atoms with Crippen LogP contribution in [-0.4, -0.2) is 35.1 Å². The third kappa shape index (κ3) is 4.69. The monoisotopic (exact) mass is 401 g/mol. The Morgan fingerprint density at radius 3 is 2.82 bits per heavy atom. The highest BCUT2D eigenvalue weighted by atomic mass is 32.2. The first-order valence-electron chi connectivity index (χ1n) is 8.56. The van der Waals surface area contributed by atoms with Gasteiger partial charge < -0.3 is 14.2 Å². The molecule has 2 aromatic heterocycles. The quantitative estimate of drug-likeness (QED) is 0.556. The van der Waals surface area contributed by atoms with Gasteiger partial charge in [-0.25, -0.2) is 9.37 Å². The minimum absolute atomic E-state index is 0.173. The Morgan fingerprint density at radius 1 is 1.32 bits per heavy atom. The predicted molar refractivity (Wildman–Crippen MR) is 104 cm³/mol. The van der Waals surface area contributed by atoms with Gasteiger partial charge in [-0.2, -0.15) is 0 Å². The molecule has 0 aliphatic carbocycles. The number of aromatic nitrogens is 2. The van der Waals surface area contributed by atoms with Crippen molar-refractivity contribution in [2.45, 2.75) is 24.2 Å². The third-order valence-electron chi connectivity index (χ3n) is 4.02. The molecule has 0 spiro atoms. The van der Waals surface area contributed by atoms with E-state index in [0.717, 1.165) is 11.5 Å². The van der Waals surface area contributed by atoms with Crippen LogP contribution in [0.5, 0.6) is 5.75 Å². The zero-order valence-corrected chi connectivity index (χ0v) is 16.6. The van der Waals surface area contributed by atoms with Crippen molar-refractivity contribution in [2.75, 3.05) is 14.2 Å². The molecular formula is C20H20FN3O3S. The highest BCUT2D eigenvalue weighted by molar-refractivity contribution is 7.98. The molecule has 0 unspecified atom stereocenters. The molecule has 0 saturated heterocycles. The van der Waals surface area contributed by atoms with Crippen LogP contribution < -0.4 is 4.74 Å². The first-order valence-corrected chi connectivity index (χ1v) is 9.54. The number of benzene rings is 1. The van der Waals surface area contributed by atoms with Gasteiger partial charge in [0.25, 0.3) is 5.91 Å². The molecule has 0 aliphatic rings. The number of halogens is 1. The lowest BCUT2D eigenvalue weighted by Crippen LogP contribution is -2.27. The lowest BCUT2D eigenvalue weighted by atomic mass is 10.2. The summed E-state index contributed by atoms with van der Waals surface area (Å²) in [5, 5.41) is 4.57. The second-order valence-electron chi connectivity index (χ2n) is 6.20. The van der Waals surface area contributed by atoms with Gasteiger partial charge in [-0.05, 0) is 36.8 Å². The molecule has 0 aliphatic heterocycles. The van der Waals surface area contributed by atoms with Gasteiger partial charge in [0.2, 0.25) is 0 Å². The van der Waals surface area contributed by atoms with E-state index >= 15 is 0 Å². The Morgan fingerprint density at radius 2 is 2.14 bits per heavy atom. The lowest BCUT2D eigenvalue weighted by Gasteiger charge is -2.19. The second-order valence-corrected chi connectivity index (χ2v) is 7.17. The number of carbonyl (C=O) groups is 1. The summed E-state index contributed by atoms with van der Waals surface area (Å²) in [7, 11) is 3.09. The average Bonchev–Trinajstić information content (AvgIpc) is 3.11. The van der Waals surface area contributed by atoms with E-state index in [-0.39, 0.29) is 18.2 Å². The fourth-order valence-electron chi connectivity index (χ4n) is 2.66. The molecule has 1 aromatic carbocycles. The fourth-order valence-corrected chi connectivity index (χ4v) is 3.52. The topological polar surface area (TPSA) is 68.5 Å². The Bertz CT molecular complexity index is 977. The number of nitrogens with zero attached hydrogens (tertiary/aromatic N) is 3. The van der Waals surface area contributed by atoms with Crippen molar-refractivity contribution in [2.24, 2.45) is 0 Å². The molecule has 0 radical (unpaired) electrons. The molecule has 0 bridgehead atoms. The number of thioether (sulfide) groups is 1. The van der Waals surface area contributed by atoms with Crippen molar-refractivity contribution in [3.05, 3.63) is 71.0 Å². The molecule has 3 aromatic rings. The van der Waals surface area contributed by atoms with E-state index in [4.69, 9.17) is 9.26 Å². The second kappa shape index (κ2) is 8.88. The summed E-state index contributed by atoms with van der Waals surface area (Å²) in [5.74, 6) is 0.804. The van der Waals surface area contributed by atoms with Crippen molar-refractivity contribution in [3.63, 3.8) is 0 Å². The molecular weight excluding hydrogens is 381 g/mol. The molecule has 28 heavy (non-hydrogen) atoms. The minimum Gasteiger partial charge on any atom is -0.494 e. The molecule has 6 nitrogen and oxygen atoms in total. The Balaban J connectivity index is 1.71. The summed E-state index contributed by atoms with van der Waals surface area (Å²) < 4.78 is 23.9. The standard InChI is InChI=1S/C20H20FN3O3S/c1-13-9-15(23-27-13)12-28-19-16(5-4-8-22-19)20(25)24(2)11-14-6-7-18(26-3)17(21)10-14/h4-10H,11-12H2,1-3H3. The van der Waals surface area contributed by atoms with Gasteiger partial charge in [-0.1, -0.05) is 23.0 Å². The highest BCUT2D eigenvalue weighted by Gasteiger charge is 2.18. The number of aryl methyl sites for hydroxylation is 1. The van der Waals surface area contributed by atoms with E-state index in [1.165, 1.54) is 29.8 Å². The van der Waals surface area contributed by atoms with Crippen LogP contribution in [0.4, 0.5) is 4.39 Å². The summed E-state index contributed by atoms with van der Waals surface area (Å²) in [4.78, 5) is 18.8. The summed E-state index contributed by atoms with van der Waals surface area (Å²) in [6.07, 6.45) is 1.64. The van der Waals surface area contributed by atoms with E-state index < -0.39 is 5.82 Å². The van der Waals surface area contributed by atoms with Crippen LogP contribution in [0.3, 0.4) is 0 Å². The SMILES string of the molecule is COc1ccc(CN(C)C(=O)c2cccnc2SCc2cc(C)on2)cc1F. The molecule has 146 valence electrons. The largest absolute Gasteiger partial charge is 0.494 e. The first-order chi connectivity index (χ1) is 13.5. The zero-order valence-electron chi connectivity index (χ0n) is 15.8. The van der Waals surface area contributed by atoms with Crippen LogP contribution in [0, 0.1) is 12.7 Å². The van der Waals surface area contributed by atoms with E-state index in [9.17, 15) is 9.18 Å². The van der Waals surface area contributed by atoms with Gasteiger partial charge in [0.15, 0.2) is 11.6 Å². The van der Waals surface area contributed by atoms with Crippen molar-refractivity contribution >= 4 is 17.7 Å². The lowest BCUT2D eigenvalue weighted by molar-refractivity contribution is 0.0780. The van der Waals surface area contributed by atoms with Crippen LogP contribution in [0.2, 0.25) is 0 Å². The van der Waals surface area contributed by atoms with Crippen LogP contribution in [0.1, 0.15) is 27.4 Å². The molecule has 0 saturated carbocycles. The number of rotatable bonds is 7. The summed E-state index contributed by atoms with van der Waals surface area (Å²) in [6.45, 7) is 2.09. The smallest absolute Gasteiger partial charge is 0.256 e. The van der Waals surface area contributed by atoms with Crippen molar-refractivity contribution in [3.8, 4) is 5.75 Å². The van der Waals surface area contributed by atoms with Gasteiger partial charge in [0, 0.05) is 31.6 Å². The Kier molecular flexibility index (Phi) is 6.30. The summed E-state index contributed by atoms with van der Waals surface area (Å²) in [6, 6.07) is 9.96. The Labute approximate surface area is 166 Å². The normalized spacial score (nSPS) is 10.7.